The highest BCUT2D eigenvalue weighted by Crippen LogP contribution is 2.24. The molecule has 0 aliphatic carbocycles. The van der Waals surface area contributed by atoms with E-state index in [1.54, 1.807) is 36.4 Å². The zero-order chi connectivity index (χ0) is 16.2. The van der Waals surface area contributed by atoms with Gasteiger partial charge in [0.15, 0.2) is 6.10 Å². The van der Waals surface area contributed by atoms with Crippen molar-refractivity contribution in [1.82, 2.24) is 0 Å². The summed E-state index contributed by atoms with van der Waals surface area (Å²) in [6.45, 7) is -0.0850. The third-order valence-electron chi connectivity index (χ3n) is 3.35. The quantitative estimate of drug-likeness (QED) is 0.814. The molecule has 2 aromatic carbocycles. The fourth-order valence-corrected chi connectivity index (χ4v) is 2.26. The first-order chi connectivity index (χ1) is 11.1. The van der Waals surface area contributed by atoms with Gasteiger partial charge < -0.3 is 9.47 Å². The Labute approximate surface area is 132 Å². The lowest BCUT2D eigenvalue weighted by Gasteiger charge is -2.09. The van der Waals surface area contributed by atoms with Crippen LogP contribution in [-0.4, -0.2) is 24.6 Å². The Morgan fingerprint density at radius 3 is 2.65 bits per heavy atom. The predicted molar refractivity (Wildman–Crippen MR) is 81.0 cm³/mol. The van der Waals surface area contributed by atoms with E-state index in [0.717, 1.165) is 0 Å². The molecule has 1 atom stereocenters. The minimum Gasteiger partial charge on any atom is -0.458 e. The second kappa shape index (κ2) is 6.44. The van der Waals surface area contributed by atoms with E-state index in [1.807, 2.05) is 0 Å². The maximum Gasteiger partial charge on any atom is 0.339 e. The second-order valence-corrected chi connectivity index (χ2v) is 5.00. The van der Waals surface area contributed by atoms with Crippen molar-refractivity contribution in [3.05, 3.63) is 77.6 Å². The van der Waals surface area contributed by atoms with Gasteiger partial charge >= 0.3 is 11.9 Å². The van der Waals surface area contributed by atoms with Crippen molar-refractivity contribution in [3.63, 3.8) is 0 Å². The number of halogens is 1. The van der Waals surface area contributed by atoms with E-state index >= 15 is 0 Å². The maximum atomic E-state index is 13.2. The van der Waals surface area contributed by atoms with E-state index in [0.29, 0.717) is 11.1 Å². The Morgan fingerprint density at radius 2 is 1.91 bits per heavy atom. The maximum absolute atomic E-state index is 13.2. The third-order valence-corrected chi connectivity index (χ3v) is 3.35. The van der Waals surface area contributed by atoms with Crippen molar-refractivity contribution >= 4 is 17.5 Å². The largest absolute Gasteiger partial charge is 0.458 e. The molecule has 1 heterocycles. The normalized spacial score (nSPS) is 16.7. The molecule has 0 saturated heterocycles. The van der Waals surface area contributed by atoms with Gasteiger partial charge in [-0.1, -0.05) is 30.3 Å². The molecule has 0 fully saturated rings. The molecule has 3 rings (SSSR count). The highest BCUT2D eigenvalue weighted by molar-refractivity contribution is 6.18. The number of hydrogen-bond acceptors (Lipinski definition) is 4. The summed E-state index contributed by atoms with van der Waals surface area (Å²) in [7, 11) is 0. The lowest BCUT2D eigenvalue weighted by atomic mass is 10.1. The number of carbonyl (C=O) groups excluding carboxylic acids is 2. The summed E-state index contributed by atoms with van der Waals surface area (Å²) in [5.74, 6) is -1.49. The summed E-state index contributed by atoms with van der Waals surface area (Å²) >= 11 is 0. The summed E-state index contributed by atoms with van der Waals surface area (Å²) in [5.41, 5.74) is 1.13. The molecule has 0 bridgehead atoms. The molecule has 2 aromatic rings. The standard InChI is InChI=1S/C18H13FO4/c19-14-8-4-7-13(9-14)16-10-15(23-18(16)21)11-22-17(20)12-5-2-1-3-6-12/h1-10,15H,11H2. The van der Waals surface area contributed by atoms with Crippen LogP contribution in [-0.2, 0) is 14.3 Å². The van der Waals surface area contributed by atoms with Crippen LogP contribution in [0.2, 0.25) is 0 Å². The summed E-state index contributed by atoms with van der Waals surface area (Å²) in [6, 6.07) is 14.2. The Kier molecular flexibility index (Phi) is 4.19. The molecule has 1 aliphatic heterocycles. The molecule has 0 amide bonds. The Balaban J connectivity index is 1.66. The van der Waals surface area contributed by atoms with E-state index in [4.69, 9.17) is 9.47 Å². The van der Waals surface area contributed by atoms with E-state index in [-0.39, 0.29) is 12.2 Å². The zero-order valence-corrected chi connectivity index (χ0v) is 12.1. The average molecular weight is 312 g/mol. The van der Waals surface area contributed by atoms with Crippen molar-refractivity contribution < 1.29 is 23.5 Å². The minimum atomic E-state index is -0.673. The molecule has 4 nitrogen and oxygen atoms in total. The third kappa shape index (κ3) is 3.45. The summed E-state index contributed by atoms with van der Waals surface area (Å²) < 4.78 is 23.5. The van der Waals surface area contributed by atoms with Gasteiger partial charge in [-0.25, -0.2) is 14.0 Å². The van der Waals surface area contributed by atoms with Gasteiger partial charge in [0.1, 0.15) is 12.4 Å². The van der Waals surface area contributed by atoms with Crippen LogP contribution < -0.4 is 0 Å². The van der Waals surface area contributed by atoms with Crippen LogP contribution in [0.1, 0.15) is 15.9 Å². The van der Waals surface area contributed by atoms with Crippen molar-refractivity contribution in [3.8, 4) is 0 Å². The molecule has 0 saturated carbocycles. The topological polar surface area (TPSA) is 52.6 Å². The molecular weight excluding hydrogens is 299 g/mol. The Hall–Kier alpha value is -2.95. The first kappa shape index (κ1) is 15.0. The van der Waals surface area contributed by atoms with Crippen LogP contribution in [0.3, 0.4) is 0 Å². The van der Waals surface area contributed by atoms with Crippen molar-refractivity contribution in [1.29, 1.82) is 0 Å². The Morgan fingerprint density at radius 1 is 1.13 bits per heavy atom. The molecule has 1 unspecified atom stereocenters. The fraction of sp³-hybridized carbons (Fsp3) is 0.111. The van der Waals surface area contributed by atoms with Crippen molar-refractivity contribution in [2.75, 3.05) is 6.61 Å². The van der Waals surface area contributed by atoms with Gasteiger partial charge in [0.25, 0.3) is 0 Å². The van der Waals surface area contributed by atoms with Crippen LogP contribution in [0.15, 0.2) is 60.7 Å². The molecule has 116 valence electrons. The van der Waals surface area contributed by atoms with Crippen LogP contribution in [0.4, 0.5) is 4.39 Å². The first-order valence-electron chi connectivity index (χ1n) is 7.04. The lowest BCUT2D eigenvalue weighted by Crippen LogP contribution is -2.18. The first-order valence-corrected chi connectivity index (χ1v) is 7.04. The molecule has 23 heavy (non-hydrogen) atoms. The molecule has 0 radical (unpaired) electrons. The van der Waals surface area contributed by atoms with Gasteiger partial charge in [0.05, 0.1) is 11.1 Å². The van der Waals surface area contributed by atoms with Crippen molar-refractivity contribution in [2.24, 2.45) is 0 Å². The van der Waals surface area contributed by atoms with Crippen LogP contribution >= 0.6 is 0 Å². The highest BCUT2D eigenvalue weighted by atomic mass is 19.1. The number of benzene rings is 2. The second-order valence-electron chi connectivity index (χ2n) is 5.00. The molecule has 0 N–H and O–H groups in total. The van der Waals surface area contributed by atoms with E-state index in [1.165, 1.54) is 24.3 Å². The number of ether oxygens (including phenoxy) is 2. The van der Waals surface area contributed by atoms with Gasteiger partial charge in [0, 0.05) is 0 Å². The minimum absolute atomic E-state index is 0.0850. The lowest BCUT2D eigenvalue weighted by molar-refractivity contribution is -0.139. The van der Waals surface area contributed by atoms with Crippen LogP contribution in [0, 0.1) is 5.82 Å². The van der Waals surface area contributed by atoms with Gasteiger partial charge in [0.2, 0.25) is 0 Å². The van der Waals surface area contributed by atoms with Gasteiger partial charge in [-0.3, -0.25) is 0 Å². The zero-order valence-electron chi connectivity index (χ0n) is 12.1. The summed E-state index contributed by atoms with van der Waals surface area (Å²) in [6.07, 6.45) is 0.864. The monoisotopic (exact) mass is 312 g/mol. The number of rotatable bonds is 4. The molecular formula is C18H13FO4. The number of carbonyl (C=O) groups is 2. The van der Waals surface area contributed by atoms with Gasteiger partial charge in [-0.2, -0.15) is 0 Å². The summed E-state index contributed by atoms with van der Waals surface area (Å²) in [4.78, 5) is 23.7. The number of cyclic esters (lactones) is 1. The summed E-state index contributed by atoms with van der Waals surface area (Å²) in [5, 5.41) is 0. The highest BCUT2D eigenvalue weighted by Gasteiger charge is 2.27. The van der Waals surface area contributed by atoms with E-state index < -0.39 is 23.9 Å². The van der Waals surface area contributed by atoms with E-state index in [2.05, 4.69) is 0 Å². The fourth-order valence-electron chi connectivity index (χ4n) is 2.26. The Bertz CT molecular complexity index is 768. The predicted octanol–water partition coefficient (Wildman–Crippen LogP) is 2.99. The van der Waals surface area contributed by atoms with Crippen LogP contribution in [0.5, 0.6) is 0 Å². The van der Waals surface area contributed by atoms with E-state index in [9.17, 15) is 14.0 Å². The molecule has 1 aliphatic rings. The van der Waals surface area contributed by atoms with Gasteiger partial charge in [-0.05, 0) is 35.9 Å². The number of esters is 2. The smallest absolute Gasteiger partial charge is 0.339 e. The van der Waals surface area contributed by atoms with Crippen molar-refractivity contribution in [2.45, 2.75) is 6.10 Å². The molecule has 5 heteroatoms. The molecule has 0 spiro atoms. The molecule has 0 aromatic heterocycles. The van der Waals surface area contributed by atoms with Gasteiger partial charge in [-0.15, -0.1) is 0 Å². The van der Waals surface area contributed by atoms with Crippen LogP contribution in [0.25, 0.3) is 5.57 Å². The number of hydrogen-bond donors (Lipinski definition) is 0. The SMILES string of the molecule is O=C1OC(COC(=O)c2ccccc2)C=C1c1cccc(F)c1. The average Bonchev–Trinajstić information content (AvgIpc) is 2.94.